The lowest BCUT2D eigenvalue weighted by atomic mass is 10.3. The third-order valence-corrected chi connectivity index (χ3v) is 5.51. The van der Waals surface area contributed by atoms with Crippen molar-refractivity contribution in [2.45, 2.75) is 24.4 Å². The molecule has 0 bridgehead atoms. The summed E-state index contributed by atoms with van der Waals surface area (Å²) in [4.78, 5) is 11.6. The number of fused-ring (bicyclic) bond motifs is 1. The smallest absolute Gasteiger partial charge is 0.408 e. The van der Waals surface area contributed by atoms with Gasteiger partial charge in [-0.15, -0.1) is 10.2 Å². The second kappa shape index (κ2) is 7.02. The van der Waals surface area contributed by atoms with E-state index >= 15 is 0 Å². The van der Waals surface area contributed by atoms with Crippen molar-refractivity contribution in [1.82, 2.24) is 24.1 Å². The van der Waals surface area contributed by atoms with Crippen LogP contribution in [-0.4, -0.2) is 41.5 Å². The van der Waals surface area contributed by atoms with E-state index in [0.29, 0.717) is 24.5 Å². The maximum atomic E-state index is 12.7. The van der Waals surface area contributed by atoms with Crippen LogP contribution < -0.4 is 10.5 Å². The minimum Gasteiger partial charge on any atom is -0.408 e. The molecular weight excluding hydrogens is 362 g/mol. The molecule has 0 saturated heterocycles. The number of nitrogens with zero attached hydrogens (tertiary/aromatic N) is 4. The summed E-state index contributed by atoms with van der Waals surface area (Å²) in [6, 6.07) is 3.65. The highest BCUT2D eigenvalue weighted by Crippen LogP contribution is 2.20. The molecule has 0 radical (unpaired) electrons. The number of hydrogen-bond acceptors (Lipinski definition) is 7. The van der Waals surface area contributed by atoms with Crippen LogP contribution in [0.5, 0.6) is 0 Å². The van der Waals surface area contributed by atoms with Crippen molar-refractivity contribution in [3.63, 3.8) is 0 Å². The van der Waals surface area contributed by atoms with Gasteiger partial charge in [-0.3, -0.25) is 4.57 Å². The highest BCUT2D eigenvalue weighted by Gasteiger charge is 2.23. The van der Waals surface area contributed by atoms with Gasteiger partial charge in [-0.1, -0.05) is 0 Å². The van der Waals surface area contributed by atoms with Gasteiger partial charge in [0.15, 0.2) is 11.4 Å². The lowest BCUT2D eigenvalue weighted by molar-refractivity contribution is 0.185. The van der Waals surface area contributed by atoms with Crippen LogP contribution in [0.3, 0.4) is 0 Å². The Hall–Kier alpha value is -2.50. The van der Waals surface area contributed by atoms with Crippen LogP contribution in [0.4, 0.5) is 0 Å². The molecule has 2 aromatic heterocycles. The molecule has 2 heterocycles. The summed E-state index contributed by atoms with van der Waals surface area (Å²) in [6.45, 7) is 2.63. The number of hydrogen-bond donors (Lipinski definition) is 1. The van der Waals surface area contributed by atoms with Crippen LogP contribution in [0, 0.1) is 0 Å². The Labute approximate surface area is 149 Å². The van der Waals surface area contributed by atoms with Gasteiger partial charge in [0.1, 0.15) is 6.33 Å². The third-order valence-electron chi connectivity index (χ3n) is 3.98. The van der Waals surface area contributed by atoms with E-state index in [1.165, 1.54) is 29.1 Å². The third kappa shape index (κ3) is 3.41. The summed E-state index contributed by atoms with van der Waals surface area (Å²) < 4.78 is 41.0. The number of nitrogens with one attached hydrogen (secondary N) is 1. The van der Waals surface area contributed by atoms with E-state index in [2.05, 4.69) is 14.9 Å². The first-order chi connectivity index (χ1) is 12.3. The first-order valence-electron chi connectivity index (χ1n) is 7.82. The molecule has 10 nitrogen and oxygen atoms in total. The molecule has 3 rings (SSSR count). The van der Waals surface area contributed by atoms with Crippen molar-refractivity contribution < 1.29 is 17.6 Å². The second-order valence-corrected chi connectivity index (χ2v) is 7.49. The molecule has 0 amide bonds. The zero-order valence-corrected chi connectivity index (χ0v) is 15.4. The molecule has 1 atom stereocenters. The van der Waals surface area contributed by atoms with Gasteiger partial charge < -0.3 is 13.7 Å². The number of ether oxygens (including phenoxy) is 1. The van der Waals surface area contributed by atoms with Crippen molar-refractivity contribution in [3.05, 3.63) is 40.9 Å². The van der Waals surface area contributed by atoms with E-state index in [1.54, 1.807) is 25.6 Å². The molecule has 1 aromatic carbocycles. The molecule has 0 aliphatic carbocycles. The molecule has 26 heavy (non-hydrogen) atoms. The predicted octanol–water partition coefficient (Wildman–Crippen LogP) is 0.409. The van der Waals surface area contributed by atoms with Gasteiger partial charge in [0.25, 0.3) is 0 Å². The minimum atomic E-state index is -3.85. The molecule has 0 saturated carbocycles. The monoisotopic (exact) mass is 381 g/mol. The summed E-state index contributed by atoms with van der Waals surface area (Å²) in [5.41, 5.74) is 0.720. The largest absolute Gasteiger partial charge is 0.419 e. The van der Waals surface area contributed by atoms with Crippen molar-refractivity contribution in [2.75, 3.05) is 13.7 Å². The average molecular weight is 381 g/mol. The fourth-order valence-electron chi connectivity index (χ4n) is 2.60. The van der Waals surface area contributed by atoms with Gasteiger partial charge in [-0.25, -0.2) is 17.9 Å². The molecule has 11 heteroatoms. The standard InChI is InChI=1S/C15H19N5O5S/c1-10(14-17-16-9-20(14)6-7-24-3)18-26(22,23)11-4-5-12-13(8-11)25-15(21)19(12)2/h4-5,8-10,18H,6-7H2,1-3H3. The zero-order valence-electron chi connectivity index (χ0n) is 14.5. The van der Waals surface area contributed by atoms with E-state index in [0.717, 1.165) is 0 Å². The Balaban J connectivity index is 1.87. The van der Waals surface area contributed by atoms with E-state index < -0.39 is 21.8 Å². The molecule has 1 N–H and O–H groups in total. The van der Waals surface area contributed by atoms with E-state index in [-0.39, 0.29) is 10.5 Å². The highest BCUT2D eigenvalue weighted by molar-refractivity contribution is 7.89. The van der Waals surface area contributed by atoms with Gasteiger partial charge in [0.2, 0.25) is 10.0 Å². The van der Waals surface area contributed by atoms with E-state index in [9.17, 15) is 13.2 Å². The quantitative estimate of drug-likeness (QED) is 0.629. The van der Waals surface area contributed by atoms with Crippen LogP contribution in [0.1, 0.15) is 18.8 Å². The Morgan fingerprint density at radius 2 is 2.15 bits per heavy atom. The molecular formula is C15H19N5O5S. The van der Waals surface area contributed by atoms with Crippen LogP contribution in [-0.2, 0) is 28.4 Å². The number of methoxy groups -OCH3 is 1. The first-order valence-corrected chi connectivity index (χ1v) is 9.30. The zero-order chi connectivity index (χ0) is 18.9. The number of rotatable bonds is 7. The topological polar surface area (TPSA) is 121 Å². The van der Waals surface area contributed by atoms with Crippen molar-refractivity contribution in [2.24, 2.45) is 7.05 Å². The van der Waals surface area contributed by atoms with Crippen LogP contribution in [0.15, 0.2) is 38.6 Å². The molecule has 3 aromatic rings. The maximum absolute atomic E-state index is 12.7. The number of oxazole rings is 1. The SMILES string of the molecule is COCCn1cnnc1C(C)NS(=O)(=O)c1ccc2c(c1)oc(=O)n2C. The lowest BCUT2D eigenvalue weighted by Gasteiger charge is -2.15. The second-order valence-electron chi connectivity index (χ2n) is 5.77. The van der Waals surface area contributed by atoms with Crippen molar-refractivity contribution in [1.29, 1.82) is 0 Å². The highest BCUT2D eigenvalue weighted by atomic mass is 32.2. The molecule has 0 aliphatic heterocycles. The van der Waals surface area contributed by atoms with Crippen molar-refractivity contribution >= 4 is 21.1 Å². The fraction of sp³-hybridized carbons (Fsp3) is 0.400. The van der Waals surface area contributed by atoms with Crippen molar-refractivity contribution in [3.8, 4) is 0 Å². The van der Waals surface area contributed by atoms with Gasteiger partial charge in [0.05, 0.1) is 23.1 Å². The Kier molecular flexibility index (Phi) is 4.94. The van der Waals surface area contributed by atoms with Gasteiger partial charge in [-0.2, -0.15) is 0 Å². The maximum Gasteiger partial charge on any atom is 0.419 e. The van der Waals surface area contributed by atoms with Crippen LogP contribution >= 0.6 is 0 Å². The molecule has 0 spiro atoms. The van der Waals surface area contributed by atoms with Gasteiger partial charge >= 0.3 is 5.76 Å². The Bertz CT molecular complexity index is 1080. The average Bonchev–Trinajstić information content (AvgIpc) is 3.17. The first kappa shape index (κ1) is 18.3. The van der Waals surface area contributed by atoms with Crippen LogP contribution in [0.25, 0.3) is 11.1 Å². The molecule has 0 fully saturated rings. The van der Waals surface area contributed by atoms with Crippen LogP contribution in [0.2, 0.25) is 0 Å². The number of aromatic nitrogens is 4. The summed E-state index contributed by atoms with van der Waals surface area (Å²) in [5, 5.41) is 7.80. The summed E-state index contributed by atoms with van der Waals surface area (Å²) in [5.74, 6) is -0.0833. The molecule has 140 valence electrons. The van der Waals surface area contributed by atoms with E-state index in [4.69, 9.17) is 9.15 Å². The lowest BCUT2D eigenvalue weighted by Crippen LogP contribution is -2.29. The summed E-state index contributed by atoms with van der Waals surface area (Å²) in [7, 11) is -0.723. The Morgan fingerprint density at radius 1 is 1.38 bits per heavy atom. The number of benzene rings is 1. The van der Waals surface area contributed by atoms with Gasteiger partial charge in [-0.05, 0) is 19.1 Å². The van der Waals surface area contributed by atoms with Gasteiger partial charge in [0, 0.05) is 26.8 Å². The number of aryl methyl sites for hydroxylation is 1. The minimum absolute atomic E-state index is 0.00541. The number of sulfonamides is 1. The summed E-state index contributed by atoms with van der Waals surface area (Å²) >= 11 is 0. The molecule has 1 unspecified atom stereocenters. The Morgan fingerprint density at radius 3 is 2.88 bits per heavy atom. The fourth-order valence-corrected chi connectivity index (χ4v) is 3.81. The van der Waals surface area contributed by atoms with E-state index in [1.807, 2.05) is 0 Å². The predicted molar refractivity (Wildman–Crippen MR) is 92.1 cm³/mol. The normalized spacial score (nSPS) is 13.3. The molecule has 0 aliphatic rings. The summed E-state index contributed by atoms with van der Waals surface area (Å²) in [6.07, 6.45) is 1.52.